The molecular formula is C15H23FIN3. The third-order valence-electron chi connectivity index (χ3n) is 3.28. The van der Waals surface area contributed by atoms with Gasteiger partial charge < -0.3 is 11.1 Å². The molecular weight excluding hydrogens is 368 g/mol. The highest BCUT2D eigenvalue weighted by Crippen LogP contribution is 2.38. The largest absolute Gasteiger partial charge is 0.370 e. The van der Waals surface area contributed by atoms with Gasteiger partial charge in [0.25, 0.3) is 0 Å². The van der Waals surface area contributed by atoms with Crippen molar-refractivity contribution in [3.63, 3.8) is 0 Å². The highest BCUT2D eigenvalue weighted by atomic mass is 127. The first kappa shape index (κ1) is 17.2. The Morgan fingerprint density at radius 1 is 1.25 bits per heavy atom. The van der Waals surface area contributed by atoms with Crippen LogP contribution in [-0.2, 0) is 0 Å². The molecule has 1 aliphatic carbocycles. The number of aliphatic imine (C=N–C) groups is 1. The Labute approximate surface area is 137 Å². The van der Waals surface area contributed by atoms with Crippen molar-refractivity contribution in [2.75, 3.05) is 0 Å². The van der Waals surface area contributed by atoms with Gasteiger partial charge in [-0.25, -0.2) is 4.39 Å². The fourth-order valence-corrected chi connectivity index (χ4v) is 2.31. The summed E-state index contributed by atoms with van der Waals surface area (Å²) in [6.07, 6.45) is 1.97. The van der Waals surface area contributed by atoms with Gasteiger partial charge in [-0.1, -0.05) is 12.1 Å². The summed E-state index contributed by atoms with van der Waals surface area (Å²) in [5.41, 5.74) is 6.99. The lowest BCUT2D eigenvalue weighted by Crippen LogP contribution is -2.46. The number of nitrogens with one attached hydrogen (secondary N) is 1. The Bertz CT molecular complexity index is 459. The topological polar surface area (TPSA) is 50.4 Å². The van der Waals surface area contributed by atoms with E-state index in [1.54, 1.807) is 0 Å². The van der Waals surface area contributed by atoms with E-state index in [1.165, 1.54) is 17.7 Å². The molecule has 0 bridgehead atoms. The van der Waals surface area contributed by atoms with E-state index < -0.39 is 0 Å². The maximum absolute atomic E-state index is 12.8. The third-order valence-corrected chi connectivity index (χ3v) is 3.28. The average Bonchev–Trinajstić information content (AvgIpc) is 2.22. The van der Waals surface area contributed by atoms with E-state index in [-0.39, 0.29) is 41.4 Å². The summed E-state index contributed by atoms with van der Waals surface area (Å²) in [5.74, 6) is 0.808. The Morgan fingerprint density at radius 2 is 1.80 bits per heavy atom. The van der Waals surface area contributed by atoms with Crippen LogP contribution in [0.2, 0.25) is 0 Å². The molecule has 1 aromatic carbocycles. The predicted octanol–water partition coefficient (Wildman–Crippen LogP) is 3.39. The molecule has 20 heavy (non-hydrogen) atoms. The van der Waals surface area contributed by atoms with Crippen LogP contribution in [0, 0.1) is 5.82 Å². The Kier molecular flexibility index (Phi) is 5.79. The summed E-state index contributed by atoms with van der Waals surface area (Å²) in [7, 11) is 0. The quantitative estimate of drug-likeness (QED) is 0.461. The van der Waals surface area contributed by atoms with Gasteiger partial charge in [-0.05, 0) is 57.2 Å². The minimum Gasteiger partial charge on any atom is -0.370 e. The van der Waals surface area contributed by atoms with Gasteiger partial charge in [0, 0.05) is 5.54 Å². The zero-order valence-corrected chi connectivity index (χ0v) is 14.5. The molecule has 0 amide bonds. The van der Waals surface area contributed by atoms with E-state index in [9.17, 15) is 4.39 Å². The fourth-order valence-electron chi connectivity index (χ4n) is 2.31. The van der Waals surface area contributed by atoms with Crippen molar-refractivity contribution < 1.29 is 4.39 Å². The highest BCUT2D eigenvalue weighted by molar-refractivity contribution is 14.0. The van der Waals surface area contributed by atoms with Crippen molar-refractivity contribution >= 4 is 29.9 Å². The summed E-state index contributed by atoms with van der Waals surface area (Å²) in [5, 5.41) is 3.16. The maximum atomic E-state index is 12.8. The molecule has 0 spiro atoms. The second-order valence-corrected chi connectivity index (χ2v) is 6.26. The van der Waals surface area contributed by atoms with Crippen LogP contribution < -0.4 is 11.1 Å². The molecule has 1 aromatic rings. The summed E-state index contributed by atoms with van der Waals surface area (Å²) < 4.78 is 12.8. The lowest BCUT2D eigenvalue weighted by molar-refractivity contribution is 0.351. The average molecular weight is 391 g/mol. The van der Waals surface area contributed by atoms with Crippen molar-refractivity contribution in [2.45, 2.75) is 51.1 Å². The maximum Gasteiger partial charge on any atom is 0.189 e. The number of rotatable bonds is 2. The van der Waals surface area contributed by atoms with Crippen molar-refractivity contribution in [2.24, 2.45) is 10.7 Å². The number of hydrogen-bond acceptors (Lipinski definition) is 1. The summed E-state index contributed by atoms with van der Waals surface area (Å²) in [6, 6.07) is 7.03. The van der Waals surface area contributed by atoms with E-state index in [0.717, 1.165) is 12.8 Å². The van der Waals surface area contributed by atoms with Crippen LogP contribution in [0.1, 0.15) is 45.1 Å². The molecule has 0 aromatic heterocycles. The van der Waals surface area contributed by atoms with Crippen LogP contribution in [0.4, 0.5) is 4.39 Å². The van der Waals surface area contributed by atoms with Gasteiger partial charge >= 0.3 is 0 Å². The molecule has 1 fully saturated rings. The first-order valence-corrected chi connectivity index (χ1v) is 6.70. The second kappa shape index (κ2) is 6.74. The van der Waals surface area contributed by atoms with Crippen molar-refractivity contribution in [1.82, 2.24) is 5.32 Å². The monoisotopic (exact) mass is 391 g/mol. The van der Waals surface area contributed by atoms with Gasteiger partial charge in [0.1, 0.15) is 5.82 Å². The van der Waals surface area contributed by atoms with Crippen molar-refractivity contribution in [3.05, 3.63) is 35.6 Å². The summed E-state index contributed by atoms with van der Waals surface area (Å²) in [4.78, 5) is 4.47. The molecule has 0 aliphatic heterocycles. The van der Waals surface area contributed by atoms with Gasteiger partial charge in [0.05, 0.1) is 6.04 Å². The van der Waals surface area contributed by atoms with Crippen LogP contribution in [0.25, 0.3) is 0 Å². The normalized spacial score (nSPS) is 22.7. The van der Waals surface area contributed by atoms with E-state index in [2.05, 4.69) is 31.1 Å². The molecule has 1 aliphatic rings. The highest BCUT2D eigenvalue weighted by Gasteiger charge is 2.30. The van der Waals surface area contributed by atoms with Crippen LogP contribution in [0.3, 0.4) is 0 Å². The fraction of sp³-hybridized carbons (Fsp3) is 0.533. The number of benzene rings is 1. The number of nitrogens with zero attached hydrogens (tertiary/aromatic N) is 1. The van der Waals surface area contributed by atoms with Gasteiger partial charge in [0.15, 0.2) is 5.96 Å². The molecule has 0 atom stereocenters. The smallest absolute Gasteiger partial charge is 0.189 e. The second-order valence-electron chi connectivity index (χ2n) is 6.26. The zero-order chi connectivity index (χ0) is 14.0. The molecule has 0 heterocycles. The van der Waals surface area contributed by atoms with Gasteiger partial charge in [0.2, 0.25) is 0 Å². The van der Waals surface area contributed by atoms with E-state index >= 15 is 0 Å². The van der Waals surface area contributed by atoms with E-state index in [0.29, 0.717) is 11.9 Å². The van der Waals surface area contributed by atoms with Crippen LogP contribution >= 0.6 is 24.0 Å². The number of guanidine groups is 1. The molecule has 112 valence electrons. The predicted molar refractivity (Wildman–Crippen MR) is 92.1 cm³/mol. The molecule has 0 unspecified atom stereocenters. The zero-order valence-electron chi connectivity index (χ0n) is 12.2. The molecule has 0 saturated heterocycles. The minimum atomic E-state index is -0.184. The molecule has 5 heteroatoms. The Balaban J connectivity index is 0.00000200. The third kappa shape index (κ3) is 4.92. The summed E-state index contributed by atoms with van der Waals surface area (Å²) >= 11 is 0. The SMILES string of the molecule is CC(C)(C)NC(N)=NC1CC(c2ccc(F)cc2)C1.I. The molecule has 2 rings (SSSR count). The van der Waals surface area contributed by atoms with Gasteiger partial charge in [-0.15, -0.1) is 24.0 Å². The first-order chi connectivity index (χ1) is 8.83. The van der Waals surface area contributed by atoms with Crippen molar-refractivity contribution in [3.8, 4) is 0 Å². The summed E-state index contributed by atoms with van der Waals surface area (Å²) in [6.45, 7) is 6.16. The molecule has 0 radical (unpaired) electrons. The lowest BCUT2D eigenvalue weighted by Gasteiger charge is -2.33. The van der Waals surface area contributed by atoms with Gasteiger partial charge in [-0.2, -0.15) is 0 Å². The van der Waals surface area contributed by atoms with Crippen molar-refractivity contribution in [1.29, 1.82) is 0 Å². The molecule has 3 nitrogen and oxygen atoms in total. The van der Waals surface area contributed by atoms with Gasteiger partial charge in [-0.3, -0.25) is 4.99 Å². The van der Waals surface area contributed by atoms with E-state index in [1.807, 2.05) is 12.1 Å². The lowest BCUT2D eigenvalue weighted by atomic mass is 9.76. The van der Waals surface area contributed by atoms with Crippen LogP contribution in [-0.4, -0.2) is 17.5 Å². The molecule has 3 N–H and O–H groups in total. The Hall–Kier alpha value is -0.850. The number of hydrogen-bond donors (Lipinski definition) is 2. The standard InChI is InChI=1S/C15H22FN3.HI/c1-15(2,3)19-14(17)18-13-8-11(9-13)10-4-6-12(16)7-5-10;/h4-7,11,13H,8-9H2,1-3H3,(H3,17,18,19);1H. The Morgan fingerprint density at radius 3 is 2.30 bits per heavy atom. The van der Waals surface area contributed by atoms with Crippen LogP contribution in [0.5, 0.6) is 0 Å². The first-order valence-electron chi connectivity index (χ1n) is 6.70. The van der Waals surface area contributed by atoms with Crippen LogP contribution in [0.15, 0.2) is 29.3 Å². The van der Waals surface area contributed by atoms with E-state index in [4.69, 9.17) is 5.73 Å². The number of nitrogens with two attached hydrogens (primary N) is 1. The number of halogens is 2. The minimum absolute atomic E-state index is 0. The molecule has 1 saturated carbocycles.